The van der Waals surface area contributed by atoms with Crippen molar-refractivity contribution in [2.75, 3.05) is 0 Å². The molecule has 3 unspecified atom stereocenters. The molecule has 1 aromatic rings. The molecule has 0 N–H and O–H groups in total. The summed E-state index contributed by atoms with van der Waals surface area (Å²) in [6.45, 7) is 1.95. The van der Waals surface area contributed by atoms with Gasteiger partial charge in [-0.3, -0.25) is 4.18 Å². The van der Waals surface area contributed by atoms with Crippen LogP contribution in [-0.4, -0.2) is 14.5 Å². The maximum atomic E-state index is 12.6. The van der Waals surface area contributed by atoms with Crippen molar-refractivity contribution in [3.05, 3.63) is 29.8 Å². The van der Waals surface area contributed by atoms with Crippen LogP contribution in [0.5, 0.6) is 0 Å². The molecular weight excluding hydrogens is 284 g/mol. The lowest BCUT2D eigenvalue weighted by Gasteiger charge is -2.49. The van der Waals surface area contributed by atoms with Crippen molar-refractivity contribution >= 4 is 10.1 Å². The number of hydrogen-bond acceptors (Lipinski definition) is 3. The third-order valence-corrected chi connectivity index (χ3v) is 7.42. The molecule has 3 aliphatic rings. The third kappa shape index (κ3) is 1.99. The first kappa shape index (κ1) is 13.8. The maximum Gasteiger partial charge on any atom is 0.297 e. The van der Waals surface area contributed by atoms with E-state index in [9.17, 15) is 8.42 Å². The summed E-state index contributed by atoms with van der Waals surface area (Å²) in [5, 5.41) is 0. The smallest absolute Gasteiger partial charge is 0.262 e. The average Bonchev–Trinajstić information content (AvgIpc) is 2.97. The van der Waals surface area contributed by atoms with Gasteiger partial charge in [-0.2, -0.15) is 8.42 Å². The molecule has 3 saturated carbocycles. The topological polar surface area (TPSA) is 43.4 Å². The maximum absolute atomic E-state index is 12.6. The Morgan fingerprint density at radius 3 is 2.48 bits per heavy atom. The number of benzene rings is 1. The fraction of sp³-hybridized carbons (Fsp3) is 0.647. The lowest BCUT2D eigenvalue weighted by atomic mass is 9.58. The van der Waals surface area contributed by atoms with Crippen molar-refractivity contribution in [1.82, 2.24) is 0 Å². The van der Waals surface area contributed by atoms with Gasteiger partial charge in [-0.15, -0.1) is 0 Å². The van der Waals surface area contributed by atoms with Crippen molar-refractivity contribution < 1.29 is 12.6 Å². The summed E-state index contributed by atoms with van der Waals surface area (Å²) in [5.74, 6) is 1.16. The Balaban J connectivity index is 1.61. The summed E-state index contributed by atoms with van der Waals surface area (Å²) in [5.41, 5.74) is 1.24. The Labute approximate surface area is 126 Å². The molecule has 3 aliphatic carbocycles. The summed E-state index contributed by atoms with van der Waals surface area (Å²) in [4.78, 5) is 0.297. The summed E-state index contributed by atoms with van der Waals surface area (Å²) in [6, 6.07) is 6.98. The molecule has 0 saturated heterocycles. The Hall–Kier alpha value is -0.870. The van der Waals surface area contributed by atoms with Crippen molar-refractivity contribution in [1.29, 1.82) is 0 Å². The Morgan fingerprint density at radius 2 is 1.86 bits per heavy atom. The zero-order valence-corrected chi connectivity index (χ0v) is 13.2. The fourth-order valence-corrected chi connectivity index (χ4v) is 6.07. The Kier molecular flexibility index (Phi) is 2.99. The third-order valence-electron chi connectivity index (χ3n) is 6.11. The Bertz CT molecular complexity index is 643. The zero-order valence-electron chi connectivity index (χ0n) is 12.4. The van der Waals surface area contributed by atoms with E-state index in [2.05, 4.69) is 0 Å². The van der Waals surface area contributed by atoms with Crippen LogP contribution in [0.4, 0.5) is 0 Å². The molecule has 1 spiro atoms. The lowest BCUT2D eigenvalue weighted by molar-refractivity contribution is -0.0558. The standard InChI is InChI=1S/C17H22O3S/c1-12-3-7-15(8-4-12)21(18,19)20-16-13-5-6-14(11-13)17(16)9-2-10-17/h3-4,7-8,13-14,16H,2,5-6,9-11H2,1H3. The molecule has 114 valence electrons. The van der Waals surface area contributed by atoms with Gasteiger partial charge >= 0.3 is 0 Å². The summed E-state index contributed by atoms with van der Waals surface area (Å²) < 4.78 is 31.0. The molecule has 0 aliphatic heterocycles. The summed E-state index contributed by atoms with van der Waals surface area (Å²) in [7, 11) is -3.63. The normalized spacial score (nSPS) is 33.3. The highest BCUT2D eigenvalue weighted by Crippen LogP contribution is 2.65. The second kappa shape index (κ2) is 4.56. The van der Waals surface area contributed by atoms with E-state index in [4.69, 9.17) is 4.18 Å². The predicted octanol–water partition coefficient (Wildman–Crippen LogP) is 3.67. The monoisotopic (exact) mass is 306 g/mol. The molecule has 0 amide bonds. The van der Waals surface area contributed by atoms with Gasteiger partial charge in [-0.25, -0.2) is 0 Å². The average molecular weight is 306 g/mol. The second-order valence-corrected chi connectivity index (χ2v) is 8.71. The van der Waals surface area contributed by atoms with Gasteiger partial charge in [0.05, 0.1) is 11.0 Å². The van der Waals surface area contributed by atoms with Crippen molar-refractivity contribution in [2.45, 2.75) is 56.4 Å². The first-order valence-electron chi connectivity index (χ1n) is 8.01. The highest BCUT2D eigenvalue weighted by atomic mass is 32.2. The van der Waals surface area contributed by atoms with Gasteiger partial charge in [0.15, 0.2) is 0 Å². The highest BCUT2D eigenvalue weighted by Gasteiger charge is 2.62. The van der Waals surface area contributed by atoms with E-state index in [1.54, 1.807) is 12.1 Å². The molecule has 4 heteroatoms. The lowest BCUT2D eigenvalue weighted by Crippen LogP contribution is -2.47. The van der Waals surface area contributed by atoms with Crippen molar-refractivity contribution in [3.63, 3.8) is 0 Å². The molecule has 2 bridgehead atoms. The molecule has 3 nitrogen and oxygen atoms in total. The molecule has 1 aromatic carbocycles. The summed E-state index contributed by atoms with van der Waals surface area (Å²) in [6.07, 6.45) is 7.05. The summed E-state index contributed by atoms with van der Waals surface area (Å²) >= 11 is 0. The Morgan fingerprint density at radius 1 is 1.14 bits per heavy atom. The van der Waals surface area contributed by atoms with E-state index in [0.29, 0.717) is 16.7 Å². The van der Waals surface area contributed by atoms with Crippen LogP contribution in [0.3, 0.4) is 0 Å². The number of fused-ring (bicyclic) bond motifs is 3. The molecule has 0 radical (unpaired) electrons. The largest absolute Gasteiger partial charge is 0.297 e. The van der Waals surface area contributed by atoms with Crippen LogP contribution >= 0.6 is 0 Å². The minimum atomic E-state index is -3.63. The van der Waals surface area contributed by atoms with Crippen LogP contribution in [0.15, 0.2) is 29.2 Å². The predicted molar refractivity (Wildman–Crippen MR) is 80.4 cm³/mol. The van der Waals surface area contributed by atoms with Crippen LogP contribution in [0.2, 0.25) is 0 Å². The van der Waals surface area contributed by atoms with Gasteiger partial charge in [0.2, 0.25) is 0 Å². The van der Waals surface area contributed by atoms with Crippen LogP contribution in [0.1, 0.15) is 44.1 Å². The number of rotatable bonds is 3. The molecule has 0 heterocycles. The molecular formula is C17H22O3S. The molecule has 4 rings (SSSR count). The molecule has 21 heavy (non-hydrogen) atoms. The van der Waals surface area contributed by atoms with E-state index < -0.39 is 10.1 Å². The van der Waals surface area contributed by atoms with E-state index in [1.807, 2.05) is 19.1 Å². The molecule has 0 aromatic heterocycles. The number of aryl methyl sites for hydroxylation is 1. The highest BCUT2D eigenvalue weighted by molar-refractivity contribution is 7.86. The van der Waals surface area contributed by atoms with Crippen LogP contribution < -0.4 is 0 Å². The van der Waals surface area contributed by atoms with E-state index in [-0.39, 0.29) is 11.5 Å². The van der Waals surface area contributed by atoms with Gasteiger partial charge in [0.1, 0.15) is 0 Å². The SMILES string of the molecule is Cc1ccc(S(=O)(=O)OC2C3CCC(C3)C23CCC3)cc1. The quantitative estimate of drug-likeness (QED) is 0.800. The fourth-order valence-electron chi connectivity index (χ4n) is 4.86. The second-order valence-electron chi connectivity index (χ2n) is 7.14. The van der Waals surface area contributed by atoms with Crippen LogP contribution in [-0.2, 0) is 14.3 Å². The van der Waals surface area contributed by atoms with Crippen molar-refractivity contribution in [2.24, 2.45) is 17.3 Å². The van der Waals surface area contributed by atoms with Gasteiger partial charge in [0, 0.05) is 5.41 Å². The van der Waals surface area contributed by atoms with Gasteiger partial charge in [-0.1, -0.05) is 24.1 Å². The van der Waals surface area contributed by atoms with Gasteiger partial charge < -0.3 is 0 Å². The van der Waals surface area contributed by atoms with Gasteiger partial charge in [0.25, 0.3) is 10.1 Å². The van der Waals surface area contributed by atoms with Crippen molar-refractivity contribution in [3.8, 4) is 0 Å². The first-order valence-corrected chi connectivity index (χ1v) is 9.42. The molecule has 3 fully saturated rings. The first-order chi connectivity index (χ1) is 10.0. The van der Waals surface area contributed by atoms with E-state index >= 15 is 0 Å². The zero-order chi connectivity index (χ0) is 14.7. The molecule has 3 atom stereocenters. The minimum absolute atomic E-state index is 0.0729. The number of hydrogen-bond donors (Lipinski definition) is 0. The van der Waals surface area contributed by atoms with E-state index in [0.717, 1.165) is 24.8 Å². The van der Waals surface area contributed by atoms with E-state index in [1.165, 1.54) is 19.3 Å². The minimum Gasteiger partial charge on any atom is -0.262 e. The van der Waals surface area contributed by atoms with Gasteiger partial charge in [-0.05, 0) is 63.0 Å². The van der Waals surface area contributed by atoms with Crippen LogP contribution in [0, 0.1) is 24.2 Å². The van der Waals surface area contributed by atoms with Crippen LogP contribution in [0.25, 0.3) is 0 Å².